The smallest absolute Gasteiger partial charge is 0.256 e. The van der Waals surface area contributed by atoms with Gasteiger partial charge in [0, 0.05) is 23.9 Å². The zero-order valence-electron chi connectivity index (χ0n) is 10.6. The molecular formula is C15H15FN2O. The van der Waals surface area contributed by atoms with Crippen LogP contribution in [0.3, 0.4) is 0 Å². The van der Waals surface area contributed by atoms with Crippen LogP contribution >= 0.6 is 0 Å². The maximum Gasteiger partial charge on any atom is 0.256 e. The van der Waals surface area contributed by atoms with Gasteiger partial charge in [0.2, 0.25) is 0 Å². The highest BCUT2D eigenvalue weighted by molar-refractivity contribution is 5.57. The second-order valence-electron chi connectivity index (χ2n) is 3.93. The molecule has 1 heterocycles. The molecule has 1 aromatic carbocycles. The Morgan fingerprint density at radius 1 is 1.32 bits per heavy atom. The fourth-order valence-corrected chi connectivity index (χ4v) is 1.69. The lowest BCUT2D eigenvalue weighted by molar-refractivity contribution is 0.418. The summed E-state index contributed by atoms with van der Waals surface area (Å²) in [6.07, 6.45) is 5.27. The molecule has 19 heavy (non-hydrogen) atoms. The van der Waals surface area contributed by atoms with E-state index in [1.54, 1.807) is 12.1 Å². The van der Waals surface area contributed by atoms with Gasteiger partial charge in [0.25, 0.3) is 5.88 Å². The summed E-state index contributed by atoms with van der Waals surface area (Å²) >= 11 is 0. The number of halogens is 1. The lowest BCUT2D eigenvalue weighted by Crippen LogP contribution is -2.03. The summed E-state index contributed by atoms with van der Waals surface area (Å²) in [5.41, 5.74) is 6.70. The minimum Gasteiger partial charge on any atom is -0.436 e. The highest BCUT2D eigenvalue weighted by atomic mass is 19.1. The molecule has 0 radical (unpaired) electrons. The molecule has 0 spiro atoms. The Balaban J connectivity index is 2.36. The zero-order chi connectivity index (χ0) is 13.7. The number of pyridine rings is 1. The Labute approximate surface area is 111 Å². The number of hydrogen-bond acceptors (Lipinski definition) is 3. The van der Waals surface area contributed by atoms with E-state index in [2.05, 4.69) is 4.98 Å². The number of rotatable bonds is 4. The molecule has 0 saturated heterocycles. The van der Waals surface area contributed by atoms with E-state index >= 15 is 0 Å². The zero-order valence-corrected chi connectivity index (χ0v) is 10.6. The number of ether oxygens (including phenoxy) is 1. The highest BCUT2D eigenvalue weighted by Crippen LogP contribution is 2.27. The van der Waals surface area contributed by atoms with Gasteiger partial charge in [0.1, 0.15) is 5.75 Å². The summed E-state index contributed by atoms with van der Waals surface area (Å²) < 4.78 is 19.5. The summed E-state index contributed by atoms with van der Waals surface area (Å²) in [5.74, 6) is -0.0126. The fraction of sp³-hybridized carbons (Fsp3) is 0.133. The van der Waals surface area contributed by atoms with Crippen LogP contribution in [0.1, 0.15) is 18.1 Å². The maximum absolute atomic E-state index is 14.0. The number of benzene rings is 1. The number of allylic oxidation sites excluding steroid dienone is 1. The van der Waals surface area contributed by atoms with Crippen molar-refractivity contribution in [3.05, 3.63) is 59.5 Å². The van der Waals surface area contributed by atoms with Gasteiger partial charge in [-0.2, -0.15) is 0 Å². The van der Waals surface area contributed by atoms with Crippen molar-refractivity contribution in [2.75, 3.05) is 0 Å². The largest absolute Gasteiger partial charge is 0.436 e. The molecule has 0 saturated carbocycles. The third kappa shape index (κ3) is 2.98. The van der Waals surface area contributed by atoms with Crippen LogP contribution in [0.25, 0.3) is 6.08 Å². The van der Waals surface area contributed by atoms with Crippen LogP contribution in [0.4, 0.5) is 4.39 Å². The van der Waals surface area contributed by atoms with Crippen LogP contribution in [0.15, 0.2) is 42.6 Å². The topological polar surface area (TPSA) is 48.1 Å². The first-order chi connectivity index (χ1) is 9.26. The second-order valence-corrected chi connectivity index (χ2v) is 3.93. The first-order valence-electron chi connectivity index (χ1n) is 5.99. The second kappa shape index (κ2) is 6.11. The predicted octanol–water partition coefficient (Wildman–Crippen LogP) is 3.50. The molecule has 0 bridgehead atoms. The summed E-state index contributed by atoms with van der Waals surface area (Å²) in [4.78, 5) is 3.91. The van der Waals surface area contributed by atoms with Gasteiger partial charge in [-0.1, -0.05) is 30.4 Å². The molecule has 98 valence electrons. The van der Waals surface area contributed by atoms with Gasteiger partial charge < -0.3 is 10.5 Å². The average molecular weight is 258 g/mol. The molecular weight excluding hydrogens is 243 g/mol. The summed E-state index contributed by atoms with van der Waals surface area (Å²) in [6.45, 7) is 2.02. The summed E-state index contributed by atoms with van der Waals surface area (Å²) in [6, 6.07) is 8.92. The Bertz CT molecular complexity index is 596. The van der Waals surface area contributed by atoms with Crippen LogP contribution in [-0.2, 0) is 6.54 Å². The monoisotopic (exact) mass is 258 g/mol. The number of nitrogens with zero attached hydrogens (tertiary/aromatic N) is 1. The van der Waals surface area contributed by atoms with E-state index < -0.39 is 5.82 Å². The van der Waals surface area contributed by atoms with Gasteiger partial charge in [0.05, 0.1) is 0 Å². The van der Waals surface area contributed by atoms with E-state index in [9.17, 15) is 4.39 Å². The molecule has 0 aliphatic carbocycles. The Morgan fingerprint density at radius 3 is 2.84 bits per heavy atom. The van der Waals surface area contributed by atoms with Crippen LogP contribution in [-0.4, -0.2) is 4.98 Å². The lowest BCUT2D eigenvalue weighted by Gasteiger charge is -2.10. The number of hydrogen-bond donors (Lipinski definition) is 1. The van der Waals surface area contributed by atoms with Crippen molar-refractivity contribution in [3.8, 4) is 11.6 Å². The lowest BCUT2D eigenvalue weighted by atomic mass is 10.2. The van der Waals surface area contributed by atoms with Crippen molar-refractivity contribution in [2.24, 2.45) is 5.73 Å². The molecule has 0 aliphatic heterocycles. The van der Waals surface area contributed by atoms with Gasteiger partial charge in [-0.25, -0.2) is 9.37 Å². The molecule has 2 N–H and O–H groups in total. The molecule has 0 fully saturated rings. The molecule has 1 aromatic heterocycles. The molecule has 0 amide bonds. The van der Waals surface area contributed by atoms with Crippen LogP contribution < -0.4 is 10.5 Å². The first kappa shape index (κ1) is 13.2. The highest BCUT2D eigenvalue weighted by Gasteiger charge is 2.11. The molecule has 0 atom stereocenters. The van der Waals surface area contributed by atoms with Gasteiger partial charge in [0.15, 0.2) is 5.82 Å². The van der Waals surface area contributed by atoms with E-state index in [-0.39, 0.29) is 12.4 Å². The van der Waals surface area contributed by atoms with Gasteiger partial charge in [-0.3, -0.25) is 0 Å². The SMILES string of the molecule is C/C=C/c1ccccc1Oc1nccc(CN)c1F. The third-order valence-electron chi connectivity index (χ3n) is 2.63. The number of aromatic nitrogens is 1. The Hall–Kier alpha value is -2.20. The normalized spacial score (nSPS) is 10.9. The average Bonchev–Trinajstić information content (AvgIpc) is 2.43. The van der Waals surface area contributed by atoms with Crippen molar-refractivity contribution >= 4 is 6.08 Å². The summed E-state index contributed by atoms with van der Waals surface area (Å²) in [5, 5.41) is 0. The quantitative estimate of drug-likeness (QED) is 0.913. The molecule has 0 aliphatic rings. The minimum absolute atomic E-state index is 0.0556. The van der Waals surface area contributed by atoms with Gasteiger partial charge in [-0.05, 0) is 19.1 Å². The number of nitrogens with two attached hydrogens (primary N) is 1. The minimum atomic E-state index is -0.514. The predicted molar refractivity (Wildman–Crippen MR) is 73.3 cm³/mol. The van der Waals surface area contributed by atoms with E-state index in [1.807, 2.05) is 37.3 Å². The van der Waals surface area contributed by atoms with Gasteiger partial charge >= 0.3 is 0 Å². The summed E-state index contributed by atoms with van der Waals surface area (Å²) in [7, 11) is 0. The van der Waals surface area contributed by atoms with Crippen molar-refractivity contribution in [3.63, 3.8) is 0 Å². The van der Waals surface area contributed by atoms with Crippen molar-refractivity contribution in [1.82, 2.24) is 4.98 Å². The van der Waals surface area contributed by atoms with Crippen LogP contribution in [0.5, 0.6) is 11.6 Å². The van der Waals surface area contributed by atoms with Crippen LogP contribution in [0, 0.1) is 5.82 Å². The molecule has 0 unspecified atom stereocenters. The van der Waals surface area contributed by atoms with E-state index in [0.717, 1.165) is 5.56 Å². The van der Waals surface area contributed by atoms with Crippen molar-refractivity contribution in [2.45, 2.75) is 13.5 Å². The van der Waals surface area contributed by atoms with E-state index in [4.69, 9.17) is 10.5 Å². The van der Waals surface area contributed by atoms with E-state index in [0.29, 0.717) is 11.3 Å². The third-order valence-corrected chi connectivity index (χ3v) is 2.63. The first-order valence-corrected chi connectivity index (χ1v) is 5.99. The number of para-hydroxylation sites is 1. The molecule has 4 heteroatoms. The fourth-order valence-electron chi connectivity index (χ4n) is 1.69. The van der Waals surface area contributed by atoms with Crippen molar-refractivity contribution in [1.29, 1.82) is 0 Å². The Kier molecular flexibility index (Phi) is 4.26. The standard InChI is InChI=1S/C15H15FN2O/c1-2-5-11-6-3-4-7-13(11)19-15-14(16)12(10-17)8-9-18-15/h2-9H,10,17H2,1H3/b5-2+. The molecule has 3 nitrogen and oxygen atoms in total. The van der Waals surface area contributed by atoms with E-state index in [1.165, 1.54) is 6.20 Å². The maximum atomic E-state index is 14.0. The molecule has 2 rings (SSSR count). The Morgan fingerprint density at radius 2 is 2.11 bits per heavy atom. The van der Waals surface area contributed by atoms with Crippen LogP contribution in [0.2, 0.25) is 0 Å². The van der Waals surface area contributed by atoms with Crippen molar-refractivity contribution < 1.29 is 9.13 Å². The van der Waals surface area contributed by atoms with Gasteiger partial charge in [-0.15, -0.1) is 0 Å². The molecule has 2 aromatic rings.